The number of hydrogen-bond donors (Lipinski definition) is 1. The SMILES string of the molecule is COc1ccc(NC2CCCC(C)(C)CC2)cn1. The van der Waals surface area contributed by atoms with Gasteiger partial charge in [0.15, 0.2) is 0 Å². The summed E-state index contributed by atoms with van der Waals surface area (Å²) in [6.45, 7) is 4.76. The molecule has 18 heavy (non-hydrogen) atoms. The van der Waals surface area contributed by atoms with Gasteiger partial charge < -0.3 is 10.1 Å². The highest BCUT2D eigenvalue weighted by molar-refractivity contribution is 5.42. The topological polar surface area (TPSA) is 34.1 Å². The summed E-state index contributed by atoms with van der Waals surface area (Å²) in [6, 6.07) is 4.53. The maximum Gasteiger partial charge on any atom is 0.213 e. The van der Waals surface area contributed by atoms with Gasteiger partial charge in [-0.15, -0.1) is 0 Å². The third-order valence-corrected chi connectivity index (χ3v) is 3.89. The lowest BCUT2D eigenvalue weighted by Gasteiger charge is -2.22. The predicted octanol–water partition coefficient (Wildman–Crippen LogP) is 3.86. The van der Waals surface area contributed by atoms with E-state index in [9.17, 15) is 0 Å². The molecule has 0 aliphatic heterocycles. The molecule has 1 fully saturated rings. The number of anilines is 1. The first-order chi connectivity index (χ1) is 8.59. The van der Waals surface area contributed by atoms with E-state index in [0.717, 1.165) is 5.69 Å². The molecule has 1 aromatic heterocycles. The average Bonchev–Trinajstić information content (AvgIpc) is 2.52. The lowest BCUT2D eigenvalue weighted by molar-refractivity contribution is 0.313. The molecule has 1 saturated carbocycles. The molecule has 1 aliphatic rings. The van der Waals surface area contributed by atoms with Gasteiger partial charge in [-0.1, -0.05) is 20.3 Å². The predicted molar refractivity (Wildman–Crippen MR) is 75.1 cm³/mol. The van der Waals surface area contributed by atoms with Crippen LogP contribution in [0.15, 0.2) is 18.3 Å². The van der Waals surface area contributed by atoms with Gasteiger partial charge in [-0.25, -0.2) is 4.98 Å². The molecule has 1 aromatic rings. The highest BCUT2D eigenvalue weighted by atomic mass is 16.5. The van der Waals surface area contributed by atoms with Crippen molar-refractivity contribution in [3.63, 3.8) is 0 Å². The fourth-order valence-corrected chi connectivity index (χ4v) is 2.63. The van der Waals surface area contributed by atoms with Crippen LogP contribution in [0, 0.1) is 5.41 Å². The molecule has 0 bridgehead atoms. The Morgan fingerprint density at radius 3 is 2.78 bits per heavy atom. The van der Waals surface area contributed by atoms with Crippen LogP contribution in [0.1, 0.15) is 46.0 Å². The van der Waals surface area contributed by atoms with Crippen LogP contribution in [-0.2, 0) is 0 Å². The zero-order valence-electron chi connectivity index (χ0n) is 11.7. The Bertz CT molecular complexity index is 373. The Morgan fingerprint density at radius 1 is 1.28 bits per heavy atom. The molecule has 1 N–H and O–H groups in total. The Hall–Kier alpha value is -1.25. The largest absolute Gasteiger partial charge is 0.481 e. The van der Waals surface area contributed by atoms with E-state index in [1.807, 2.05) is 18.3 Å². The molecule has 0 amide bonds. The highest BCUT2D eigenvalue weighted by Gasteiger charge is 2.24. The minimum atomic E-state index is 0.509. The van der Waals surface area contributed by atoms with Crippen molar-refractivity contribution in [2.75, 3.05) is 12.4 Å². The molecular formula is C15H24N2O. The number of methoxy groups -OCH3 is 1. The van der Waals surface area contributed by atoms with Gasteiger partial charge in [0.25, 0.3) is 0 Å². The normalized spacial score (nSPS) is 23.2. The first kappa shape index (κ1) is 13.2. The minimum Gasteiger partial charge on any atom is -0.481 e. The van der Waals surface area contributed by atoms with Crippen molar-refractivity contribution in [2.45, 2.75) is 52.0 Å². The van der Waals surface area contributed by atoms with Crippen LogP contribution in [0.4, 0.5) is 5.69 Å². The summed E-state index contributed by atoms with van der Waals surface area (Å²) < 4.78 is 5.07. The molecule has 0 saturated heterocycles. The summed E-state index contributed by atoms with van der Waals surface area (Å²) in [6.07, 6.45) is 8.32. The van der Waals surface area contributed by atoms with E-state index in [4.69, 9.17) is 4.74 Å². The average molecular weight is 248 g/mol. The van der Waals surface area contributed by atoms with Gasteiger partial charge in [0.05, 0.1) is 19.0 Å². The first-order valence-corrected chi connectivity index (χ1v) is 6.86. The maximum atomic E-state index is 5.07. The van der Waals surface area contributed by atoms with E-state index in [1.165, 1.54) is 32.1 Å². The Labute approximate surface area is 110 Å². The molecule has 0 aromatic carbocycles. The van der Waals surface area contributed by atoms with E-state index < -0.39 is 0 Å². The molecule has 1 heterocycles. The summed E-state index contributed by atoms with van der Waals surface area (Å²) >= 11 is 0. The molecule has 0 spiro atoms. The monoisotopic (exact) mass is 248 g/mol. The fraction of sp³-hybridized carbons (Fsp3) is 0.667. The van der Waals surface area contributed by atoms with Gasteiger partial charge in [0.1, 0.15) is 0 Å². The van der Waals surface area contributed by atoms with Gasteiger partial charge >= 0.3 is 0 Å². The quantitative estimate of drug-likeness (QED) is 0.825. The molecule has 1 atom stereocenters. The molecule has 2 rings (SSSR count). The van der Waals surface area contributed by atoms with Crippen LogP contribution in [-0.4, -0.2) is 18.1 Å². The zero-order chi connectivity index (χ0) is 13.0. The van der Waals surface area contributed by atoms with E-state index in [2.05, 4.69) is 24.1 Å². The van der Waals surface area contributed by atoms with Gasteiger partial charge in [-0.3, -0.25) is 0 Å². The number of rotatable bonds is 3. The van der Waals surface area contributed by atoms with Crippen molar-refractivity contribution in [1.82, 2.24) is 4.98 Å². The number of aromatic nitrogens is 1. The second-order valence-corrected chi connectivity index (χ2v) is 6.03. The molecular weight excluding hydrogens is 224 g/mol. The summed E-state index contributed by atoms with van der Waals surface area (Å²) in [5, 5.41) is 3.59. The maximum absolute atomic E-state index is 5.07. The minimum absolute atomic E-state index is 0.509. The second kappa shape index (κ2) is 5.59. The first-order valence-electron chi connectivity index (χ1n) is 6.86. The van der Waals surface area contributed by atoms with Crippen molar-refractivity contribution >= 4 is 5.69 Å². The van der Waals surface area contributed by atoms with Crippen LogP contribution in [0.5, 0.6) is 5.88 Å². The molecule has 1 unspecified atom stereocenters. The summed E-state index contributed by atoms with van der Waals surface area (Å²) in [7, 11) is 1.64. The second-order valence-electron chi connectivity index (χ2n) is 6.03. The highest BCUT2D eigenvalue weighted by Crippen LogP contribution is 2.34. The molecule has 3 heteroatoms. The van der Waals surface area contributed by atoms with Crippen LogP contribution in [0.25, 0.3) is 0 Å². The number of nitrogens with zero attached hydrogens (tertiary/aromatic N) is 1. The van der Waals surface area contributed by atoms with Crippen molar-refractivity contribution in [1.29, 1.82) is 0 Å². The van der Waals surface area contributed by atoms with Crippen molar-refractivity contribution in [3.05, 3.63) is 18.3 Å². The molecule has 0 radical (unpaired) electrons. The summed E-state index contributed by atoms with van der Waals surface area (Å²) in [5.41, 5.74) is 1.61. The number of hydrogen-bond acceptors (Lipinski definition) is 3. The lowest BCUT2D eigenvalue weighted by atomic mass is 9.85. The third-order valence-electron chi connectivity index (χ3n) is 3.89. The molecule has 100 valence electrons. The lowest BCUT2D eigenvalue weighted by Crippen LogP contribution is -2.19. The van der Waals surface area contributed by atoms with Crippen molar-refractivity contribution < 1.29 is 4.74 Å². The smallest absolute Gasteiger partial charge is 0.213 e. The van der Waals surface area contributed by atoms with Gasteiger partial charge in [0, 0.05) is 12.1 Å². The number of pyridine rings is 1. The van der Waals surface area contributed by atoms with E-state index in [1.54, 1.807) is 7.11 Å². The Morgan fingerprint density at radius 2 is 2.11 bits per heavy atom. The molecule has 1 aliphatic carbocycles. The van der Waals surface area contributed by atoms with Gasteiger partial charge in [-0.2, -0.15) is 0 Å². The van der Waals surface area contributed by atoms with Crippen LogP contribution >= 0.6 is 0 Å². The fourth-order valence-electron chi connectivity index (χ4n) is 2.63. The van der Waals surface area contributed by atoms with Crippen molar-refractivity contribution in [2.24, 2.45) is 5.41 Å². The Kier molecular flexibility index (Phi) is 4.10. The number of ether oxygens (including phenoxy) is 1. The standard InChI is InChI=1S/C15H24N2O/c1-15(2)9-4-5-12(8-10-15)17-13-6-7-14(18-3)16-11-13/h6-7,11-12,17H,4-5,8-10H2,1-3H3. The summed E-state index contributed by atoms with van der Waals surface area (Å²) in [5.74, 6) is 0.669. The summed E-state index contributed by atoms with van der Waals surface area (Å²) in [4.78, 5) is 4.23. The Balaban J connectivity index is 1.92. The van der Waals surface area contributed by atoms with Gasteiger partial charge in [-0.05, 0) is 37.2 Å². The third kappa shape index (κ3) is 3.62. The molecule has 3 nitrogen and oxygen atoms in total. The van der Waals surface area contributed by atoms with Crippen LogP contribution in [0.2, 0.25) is 0 Å². The van der Waals surface area contributed by atoms with E-state index in [-0.39, 0.29) is 0 Å². The number of nitrogens with one attached hydrogen (secondary N) is 1. The van der Waals surface area contributed by atoms with E-state index >= 15 is 0 Å². The zero-order valence-corrected chi connectivity index (χ0v) is 11.7. The van der Waals surface area contributed by atoms with E-state index in [0.29, 0.717) is 17.3 Å². The van der Waals surface area contributed by atoms with Crippen LogP contribution in [0.3, 0.4) is 0 Å². The van der Waals surface area contributed by atoms with Crippen LogP contribution < -0.4 is 10.1 Å². The van der Waals surface area contributed by atoms with Gasteiger partial charge in [0.2, 0.25) is 5.88 Å². The van der Waals surface area contributed by atoms with Crippen molar-refractivity contribution in [3.8, 4) is 5.88 Å².